The van der Waals surface area contributed by atoms with Crippen LogP contribution in [0, 0.1) is 18.3 Å². The summed E-state index contributed by atoms with van der Waals surface area (Å²) >= 11 is 1.62. The molecule has 32 heavy (non-hydrogen) atoms. The SMILES string of the molecule is COc1ccc(NCCSc2nc3c(C)c(C#N)ncc3[nH]2)cc1O[C@H]1CC[C@H](N)CC1. The Hall–Kier alpha value is -2.96. The molecule has 2 heterocycles. The minimum absolute atomic E-state index is 0.182. The third-order valence-corrected chi connectivity index (χ3v) is 6.57. The highest BCUT2D eigenvalue weighted by Crippen LogP contribution is 2.33. The lowest BCUT2D eigenvalue weighted by atomic mass is 9.94. The number of thioether (sulfide) groups is 1. The van der Waals surface area contributed by atoms with E-state index >= 15 is 0 Å². The summed E-state index contributed by atoms with van der Waals surface area (Å²) in [7, 11) is 1.66. The van der Waals surface area contributed by atoms with Gasteiger partial charge in [0.25, 0.3) is 0 Å². The molecule has 0 saturated heterocycles. The minimum atomic E-state index is 0.182. The Morgan fingerprint density at radius 1 is 1.28 bits per heavy atom. The number of ether oxygens (including phenoxy) is 2. The predicted octanol–water partition coefficient (Wildman–Crippen LogP) is 4.00. The number of rotatable bonds is 8. The van der Waals surface area contributed by atoms with Gasteiger partial charge in [0.15, 0.2) is 16.7 Å². The van der Waals surface area contributed by atoms with Crippen LogP contribution in [0.5, 0.6) is 11.5 Å². The van der Waals surface area contributed by atoms with Crippen LogP contribution >= 0.6 is 11.8 Å². The summed E-state index contributed by atoms with van der Waals surface area (Å²) in [5.74, 6) is 2.32. The molecule has 4 rings (SSSR count). The number of methoxy groups -OCH3 is 1. The number of hydrogen-bond donors (Lipinski definition) is 3. The van der Waals surface area contributed by atoms with Gasteiger partial charge in [0.1, 0.15) is 11.8 Å². The molecule has 9 heteroatoms. The zero-order valence-electron chi connectivity index (χ0n) is 18.4. The number of imidazole rings is 1. The second kappa shape index (κ2) is 10.1. The van der Waals surface area contributed by atoms with Gasteiger partial charge >= 0.3 is 0 Å². The van der Waals surface area contributed by atoms with Crippen LogP contribution in [0.15, 0.2) is 29.6 Å². The number of aryl methyl sites for hydroxylation is 1. The van der Waals surface area contributed by atoms with Gasteiger partial charge in [-0.25, -0.2) is 9.97 Å². The number of benzene rings is 1. The summed E-state index contributed by atoms with van der Waals surface area (Å²) in [5, 5.41) is 13.4. The number of nitriles is 1. The van der Waals surface area contributed by atoms with E-state index in [1.165, 1.54) is 0 Å². The Bertz CT molecular complexity index is 1120. The molecule has 1 aromatic carbocycles. The lowest BCUT2D eigenvalue weighted by Gasteiger charge is -2.27. The van der Waals surface area contributed by atoms with Gasteiger partial charge in [-0.3, -0.25) is 0 Å². The highest BCUT2D eigenvalue weighted by molar-refractivity contribution is 7.99. The lowest BCUT2D eigenvalue weighted by molar-refractivity contribution is 0.142. The zero-order chi connectivity index (χ0) is 22.5. The van der Waals surface area contributed by atoms with E-state index in [0.29, 0.717) is 11.7 Å². The number of aromatic amines is 1. The molecule has 1 fully saturated rings. The Morgan fingerprint density at radius 3 is 2.84 bits per heavy atom. The molecule has 3 aromatic rings. The van der Waals surface area contributed by atoms with Gasteiger partial charge in [0.05, 0.1) is 30.4 Å². The molecule has 168 valence electrons. The summed E-state index contributed by atoms with van der Waals surface area (Å²) in [6, 6.07) is 8.32. The first-order valence-electron chi connectivity index (χ1n) is 10.8. The van der Waals surface area contributed by atoms with Crippen molar-refractivity contribution in [3.05, 3.63) is 35.7 Å². The molecule has 0 bridgehead atoms. The second-order valence-corrected chi connectivity index (χ2v) is 9.03. The maximum Gasteiger partial charge on any atom is 0.166 e. The van der Waals surface area contributed by atoms with Crippen molar-refractivity contribution in [1.29, 1.82) is 5.26 Å². The highest BCUT2D eigenvalue weighted by Gasteiger charge is 2.21. The molecule has 0 radical (unpaired) electrons. The van der Waals surface area contributed by atoms with E-state index in [2.05, 4.69) is 26.3 Å². The first-order chi connectivity index (χ1) is 15.6. The van der Waals surface area contributed by atoms with Crippen LogP contribution in [0.1, 0.15) is 36.9 Å². The van der Waals surface area contributed by atoms with Gasteiger partial charge in [0, 0.05) is 35.7 Å². The summed E-state index contributed by atoms with van der Waals surface area (Å²) in [4.78, 5) is 12.0. The highest BCUT2D eigenvalue weighted by atomic mass is 32.2. The van der Waals surface area contributed by atoms with Crippen molar-refractivity contribution in [2.75, 3.05) is 24.7 Å². The minimum Gasteiger partial charge on any atom is -0.493 e. The molecule has 1 aliphatic carbocycles. The molecular weight excluding hydrogens is 424 g/mol. The predicted molar refractivity (Wildman–Crippen MR) is 126 cm³/mol. The average molecular weight is 453 g/mol. The maximum atomic E-state index is 9.14. The van der Waals surface area contributed by atoms with Crippen molar-refractivity contribution < 1.29 is 9.47 Å². The Morgan fingerprint density at radius 2 is 2.09 bits per heavy atom. The van der Waals surface area contributed by atoms with Gasteiger partial charge in [0.2, 0.25) is 0 Å². The van der Waals surface area contributed by atoms with Crippen molar-refractivity contribution in [2.45, 2.75) is 49.9 Å². The number of aromatic nitrogens is 3. The van der Waals surface area contributed by atoms with Crippen LogP contribution in [-0.4, -0.2) is 46.5 Å². The fraction of sp³-hybridized carbons (Fsp3) is 0.435. The average Bonchev–Trinajstić information content (AvgIpc) is 3.23. The van der Waals surface area contributed by atoms with Gasteiger partial charge in [-0.2, -0.15) is 5.26 Å². The van der Waals surface area contributed by atoms with E-state index in [9.17, 15) is 0 Å². The summed E-state index contributed by atoms with van der Waals surface area (Å²) < 4.78 is 11.7. The van der Waals surface area contributed by atoms with Crippen molar-refractivity contribution >= 4 is 28.5 Å². The molecule has 1 aliphatic rings. The molecule has 0 spiro atoms. The molecule has 0 aliphatic heterocycles. The number of H-pyrrole nitrogens is 1. The first kappa shape index (κ1) is 22.2. The van der Waals surface area contributed by atoms with Crippen LogP contribution in [0.4, 0.5) is 5.69 Å². The maximum absolute atomic E-state index is 9.14. The van der Waals surface area contributed by atoms with E-state index in [-0.39, 0.29) is 6.10 Å². The fourth-order valence-electron chi connectivity index (χ4n) is 3.87. The third-order valence-electron chi connectivity index (χ3n) is 5.70. The van der Waals surface area contributed by atoms with Crippen molar-refractivity contribution in [2.24, 2.45) is 5.73 Å². The van der Waals surface area contributed by atoms with E-state index in [0.717, 1.165) is 76.9 Å². The smallest absolute Gasteiger partial charge is 0.166 e. The van der Waals surface area contributed by atoms with E-state index in [1.807, 2.05) is 25.1 Å². The zero-order valence-corrected chi connectivity index (χ0v) is 19.2. The van der Waals surface area contributed by atoms with Gasteiger partial charge in [-0.15, -0.1) is 0 Å². The molecule has 0 amide bonds. The van der Waals surface area contributed by atoms with E-state index in [1.54, 1.807) is 25.1 Å². The molecule has 4 N–H and O–H groups in total. The summed E-state index contributed by atoms with van der Waals surface area (Å²) in [6.07, 6.45) is 5.79. The van der Waals surface area contributed by atoms with Crippen LogP contribution in [0.25, 0.3) is 11.0 Å². The molecule has 2 aromatic heterocycles. The molecule has 0 unspecified atom stereocenters. The number of nitrogens with two attached hydrogens (primary N) is 1. The van der Waals surface area contributed by atoms with Crippen molar-refractivity contribution in [3.63, 3.8) is 0 Å². The fourth-order valence-corrected chi connectivity index (χ4v) is 4.61. The second-order valence-electron chi connectivity index (χ2n) is 7.94. The van der Waals surface area contributed by atoms with E-state index in [4.69, 9.17) is 20.5 Å². The monoisotopic (exact) mass is 452 g/mol. The molecule has 1 saturated carbocycles. The number of anilines is 1. The van der Waals surface area contributed by atoms with Crippen molar-refractivity contribution in [3.8, 4) is 17.6 Å². The van der Waals surface area contributed by atoms with Crippen molar-refractivity contribution in [1.82, 2.24) is 15.0 Å². The Kier molecular flexibility index (Phi) is 7.02. The van der Waals surface area contributed by atoms with Crippen LogP contribution in [0.2, 0.25) is 0 Å². The first-order valence-corrected chi connectivity index (χ1v) is 11.8. The standard InChI is InChI=1S/C23H28N6O2S/c1-14-18(12-24)27-13-19-22(14)29-23(28-19)32-10-9-26-16-5-8-20(30-2)21(11-16)31-17-6-3-15(25)4-7-17/h5,8,11,13,15,17,26H,3-4,6-7,9-10,25H2,1-2H3,(H,28,29)/t15-,17-. The number of fused-ring (bicyclic) bond motifs is 1. The number of nitrogens with zero attached hydrogens (tertiary/aromatic N) is 3. The topological polar surface area (TPSA) is 122 Å². The summed E-state index contributed by atoms with van der Waals surface area (Å²) in [6.45, 7) is 2.63. The largest absolute Gasteiger partial charge is 0.493 e. The normalized spacial score (nSPS) is 18.3. The number of pyridine rings is 1. The number of hydrogen-bond acceptors (Lipinski definition) is 8. The van der Waals surface area contributed by atoms with Crippen LogP contribution in [-0.2, 0) is 0 Å². The molecular formula is C23H28N6O2S. The molecule has 8 nitrogen and oxygen atoms in total. The van der Waals surface area contributed by atoms with E-state index < -0.39 is 0 Å². The Balaban J connectivity index is 1.33. The lowest BCUT2D eigenvalue weighted by Crippen LogP contribution is -2.31. The van der Waals surface area contributed by atoms with Crippen LogP contribution in [0.3, 0.4) is 0 Å². The van der Waals surface area contributed by atoms with Gasteiger partial charge in [-0.05, 0) is 44.7 Å². The quantitative estimate of drug-likeness (QED) is 0.346. The van der Waals surface area contributed by atoms with Crippen LogP contribution < -0.4 is 20.5 Å². The van der Waals surface area contributed by atoms with Gasteiger partial charge < -0.3 is 25.5 Å². The number of nitrogens with one attached hydrogen (secondary N) is 2. The Labute approximate surface area is 191 Å². The summed E-state index contributed by atoms with van der Waals surface area (Å²) in [5.41, 5.74) is 9.85. The third kappa shape index (κ3) is 5.09. The molecule has 0 atom stereocenters. The van der Waals surface area contributed by atoms with Gasteiger partial charge in [-0.1, -0.05) is 11.8 Å².